The van der Waals surface area contributed by atoms with Crippen LogP contribution in [0.4, 0.5) is 0 Å². The third-order valence-electron chi connectivity index (χ3n) is 3.72. The Kier molecular flexibility index (Phi) is 4.93. The molecule has 3 aromatic rings. The van der Waals surface area contributed by atoms with Gasteiger partial charge in [-0.05, 0) is 45.0 Å². The highest BCUT2D eigenvalue weighted by molar-refractivity contribution is 9.10. The first-order valence-corrected chi connectivity index (χ1v) is 9.39. The van der Waals surface area contributed by atoms with Gasteiger partial charge in [0, 0.05) is 16.2 Å². The van der Waals surface area contributed by atoms with Crippen LogP contribution in [0.1, 0.15) is 36.1 Å². The topological polar surface area (TPSA) is 52.2 Å². The molecule has 7 heteroatoms. The van der Waals surface area contributed by atoms with Crippen LogP contribution < -0.4 is 4.80 Å². The standard InChI is InChI=1S/C18H17BrN4OS/c1-5-8-22-15-7-6-13(19)10-16(15)25-18(22)20-17(24)14-9-12(4)23(21-14)11(2)3/h1,6-7,9-11H,8H2,2-4H3. The molecule has 0 atom stereocenters. The van der Waals surface area contributed by atoms with Gasteiger partial charge in [-0.1, -0.05) is 33.2 Å². The molecule has 0 unspecified atom stereocenters. The van der Waals surface area contributed by atoms with Gasteiger partial charge >= 0.3 is 0 Å². The van der Waals surface area contributed by atoms with Gasteiger partial charge in [0.1, 0.15) is 0 Å². The van der Waals surface area contributed by atoms with Gasteiger partial charge in [-0.25, -0.2) is 0 Å². The van der Waals surface area contributed by atoms with Crippen molar-refractivity contribution in [1.29, 1.82) is 0 Å². The smallest absolute Gasteiger partial charge is 0.300 e. The van der Waals surface area contributed by atoms with E-state index in [0.29, 0.717) is 17.0 Å². The van der Waals surface area contributed by atoms with Crippen LogP contribution in [0.2, 0.25) is 0 Å². The van der Waals surface area contributed by atoms with E-state index in [4.69, 9.17) is 6.42 Å². The molecule has 0 aliphatic rings. The Morgan fingerprint density at radius 1 is 1.44 bits per heavy atom. The molecule has 5 nitrogen and oxygen atoms in total. The minimum Gasteiger partial charge on any atom is -0.305 e. The van der Waals surface area contributed by atoms with Crippen molar-refractivity contribution in [2.45, 2.75) is 33.4 Å². The Labute approximate surface area is 158 Å². The monoisotopic (exact) mass is 416 g/mol. The Bertz CT molecular complexity index is 1070. The van der Waals surface area contributed by atoms with Crippen LogP contribution in [0.25, 0.3) is 10.2 Å². The number of amides is 1. The number of aromatic nitrogens is 3. The fraction of sp³-hybridized carbons (Fsp3) is 0.278. The molecule has 0 aliphatic carbocycles. The summed E-state index contributed by atoms with van der Waals surface area (Å²) in [7, 11) is 0. The second-order valence-electron chi connectivity index (χ2n) is 5.91. The maximum absolute atomic E-state index is 12.6. The summed E-state index contributed by atoms with van der Waals surface area (Å²) in [5.41, 5.74) is 2.24. The van der Waals surface area contributed by atoms with Crippen molar-refractivity contribution in [3.63, 3.8) is 0 Å². The molecule has 0 spiro atoms. The van der Waals surface area contributed by atoms with Crippen molar-refractivity contribution in [3.8, 4) is 12.3 Å². The number of nitrogens with zero attached hydrogens (tertiary/aromatic N) is 4. The zero-order valence-electron chi connectivity index (χ0n) is 14.2. The van der Waals surface area contributed by atoms with E-state index in [1.807, 2.05) is 48.2 Å². The minimum atomic E-state index is -0.362. The summed E-state index contributed by atoms with van der Waals surface area (Å²) in [6.45, 7) is 6.33. The Hall–Kier alpha value is -2.17. The number of benzene rings is 1. The zero-order valence-corrected chi connectivity index (χ0v) is 16.6. The maximum atomic E-state index is 12.6. The first-order chi connectivity index (χ1) is 11.9. The van der Waals surface area contributed by atoms with Crippen molar-refractivity contribution in [1.82, 2.24) is 14.3 Å². The van der Waals surface area contributed by atoms with Crippen molar-refractivity contribution < 1.29 is 4.79 Å². The van der Waals surface area contributed by atoms with Crippen molar-refractivity contribution in [3.05, 3.63) is 44.9 Å². The lowest BCUT2D eigenvalue weighted by Gasteiger charge is -2.06. The highest BCUT2D eigenvalue weighted by atomic mass is 79.9. The van der Waals surface area contributed by atoms with E-state index in [-0.39, 0.29) is 11.9 Å². The van der Waals surface area contributed by atoms with Gasteiger partial charge in [-0.2, -0.15) is 10.1 Å². The van der Waals surface area contributed by atoms with Gasteiger partial charge in [0.2, 0.25) is 0 Å². The normalized spacial score (nSPS) is 12.1. The molecule has 0 radical (unpaired) electrons. The summed E-state index contributed by atoms with van der Waals surface area (Å²) in [5, 5.41) is 4.37. The predicted octanol–water partition coefficient (Wildman–Crippen LogP) is 3.93. The molecule has 2 aromatic heterocycles. The molecule has 0 bridgehead atoms. The van der Waals surface area contributed by atoms with Crippen LogP contribution in [0.15, 0.2) is 33.7 Å². The number of terminal acetylenes is 1. The number of aryl methyl sites for hydroxylation is 1. The third kappa shape index (κ3) is 3.46. The summed E-state index contributed by atoms with van der Waals surface area (Å²) in [6, 6.07) is 7.86. The second kappa shape index (κ2) is 6.98. The third-order valence-corrected chi connectivity index (χ3v) is 5.26. The molecule has 1 amide bonds. The molecule has 0 saturated heterocycles. The van der Waals surface area contributed by atoms with E-state index in [1.54, 1.807) is 6.07 Å². The summed E-state index contributed by atoms with van der Waals surface area (Å²) in [4.78, 5) is 17.5. The lowest BCUT2D eigenvalue weighted by atomic mass is 10.3. The summed E-state index contributed by atoms with van der Waals surface area (Å²) in [5.74, 6) is 2.26. The highest BCUT2D eigenvalue weighted by Gasteiger charge is 2.14. The molecular weight excluding hydrogens is 400 g/mol. The average Bonchev–Trinajstić information content (AvgIpc) is 3.09. The Morgan fingerprint density at radius 2 is 2.20 bits per heavy atom. The lowest BCUT2D eigenvalue weighted by molar-refractivity contribution is 0.0992. The van der Waals surface area contributed by atoms with Crippen LogP contribution in [-0.2, 0) is 6.54 Å². The Morgan fingerprint density at radius 3 is 2.84 bits per heavy atom. The van der Waals surface area contributed by atoms with Gasteiger partial charge in [0.25, 0.3) is 5.91 Å². The van der Waals surface area contributed by atoms with E-state index >= 15 is 0 Å². The number of thiazole rings is 1. The molecule has 128 valence electrons. The van der Waals surface area contributed by atoms with Gasteiger partial charge in [-0.15, -0.1) is 6.42 Å². The predicted molar refractivity (Wildman–Crippen MR) is 104 cm³/mol. The number of rotatable bonds is 3. The molecule has 0 aliphatic heterocycles. The first-order valence-electron chi connectivity index (χ1n) is 7.78. The fourth-order valence-electron chi connectivity index (χ4n) is 2.64. The van der Waals surface area contributed by atoms with Crippen molar-refractivity contribution in [2.24, 2.45) is 4.99 Å². The number of carbonyl (C=O) groups is 1. The maximum Gasteiger partial charge on any atom is 0.300 e. The number of hydrogen-bond donors (Lipinski definition) is 0. The largest absolute Gasteiger partial charge is 0.305 e. The lowest BCUT2D eigenvalue weighted by Crippen LogP contribution is -2.16. The first kappa shape index (κ1) is 17.6. The van der Waals surface area contributed by atoms with Crippen LogP contribution in [0.3, 0.4) is 0 Å². The average molecular weight is 417 g/mol. The molecule has 25 heavy (non-hydrogen) atoms. The molecule has 3 rings (SSSR count). The van der Waals surface area contributed by atoms with Gasteiger partial charge in [0.15, 0.2) is 10.5 Å². The minimum absolute atomic E-state index is 0.189. The second-order valence-corrected chi connectivity index (χ2v) is 7.84. The van der Waals surface area contributed by atoms with Gasteiger partial charge in [0.05, 0.1) is 16.8 Å². The fourth-order valence-corrected chi connectivity index (χ4v) is 4.22. The Balaban J connectivity index is 2.11. The summed E-state index contributed by atoms with van der Waals surface area (Å²) in [6.07, 6.45) is 5.49. The number of hydrogen-bond acceptors (Lipinski definition) is 3. The van der Waals surface area contributed by atoms with Gasteiger partial charge in [-0.3, -0.25) is 9.48 Å². The van der Waals surface area contributed by atoms with E-state index < -0.39 is 0 Å². The van der Waals surface area contributed by atoms with Crippen LogP contribution in [-0.4, -0.2) is 20.3 Å². The molecule has 2 heterocycles. The molecule has 0 N–H and O–H groups in total. The number of fused-ring (bicyclic) bond motifs is 1. The van der Waals surface area contributed by atoms with Crippen molar-refractivity contribution >= 4 is 43.4 Å². The summed E-state index contributed by atoms with van der Waals surface area (Å²) < 4.78 is 5.68. The van der Waals surface area contributed by atoms with Crippen molar-refractivity contribution in [2.75, 3.05) is 0 Å². The molecular formula is C18H17BrN4OS. The van der Waals surface area contributed by atoms with Gasteiger partial charge < -0.3 is 4.57 Å². The highest BCUT2D eigenvalue weighted by Crippen LogP contribution is 2.22. The molecule has 0 saturated carbocycles. The van der Waals surface area contributed by atoms with Crippen LogP contribution >= 0.6 is 27.3 Å². The van der Waals surface area contributed by atoms with E-state index in [9.17, 15) is 4.79 Å². The number of carbonyl (C=O) groups excluding carboxylic acids is 1. The van der Waals surface area contributed by atoms with E-state index in [0.717, 1.165) is 20.4 Å². The van der Waals surface area contributed by atoms with E-state index in [2.05, 4.69) is 31.9 Å². The number of halogens is 1. The quantitative estimate of drug-likeness (QED) is 0.607. The SMILES string of the molecule is C#CCn1c(=NC(=O)c2cc(C)n(C(C)C)n2)sc2cc(Br)ccc21. The molecule has 1 aromatic carbocycles. The van der Waals surface area contributed by atoms with Crippen LogP contribution in [0, 0.1) is 19.3 Å². The van der Waals surface area contributed by atoms with E-state index in [1.165, 1.54) is 11.3 Å². The zero-order chi connectivity index (χ0) is 18.1. The molecule has 0 fully saturated rings. The van der Waals surface area contributed by atoms with Crippen LogP contribution in [0.5, 0.6) is 0 Å². The summed E-state index contributed by atoms with van der Waals surface area (Å²) >= 11 is 4.90.